The van der Waals surface area contributed by atoms with Gasteiger partial charge in [0.25, 0.3) is 0 Å². The molecule has 0 aliphatic carbocycles. The molecule has 0 radical (unpaired) electrons. The van der Waals surface area contributed by atoms with Crippen molar-refractivity contribution in [2.75, 3.05) is 19.7 Å². The molecule has 1 N–H and O–H groups in total. The van der Waals surface area contributed by atoms with Gasteiger partial charge in [0.15, 0.2) is 0 Å². The van der Waals surface area contributed by atoms with Crippen molar-refractivity contribution < 1.29 is 14.6 Å². The quantitative estimate of drug-likeness (QED) is 0.823. The molecule has 1 aromatic carbocycles. The number of benzene rings is 1. The van der Waals surface area contributed by atoms with Crippen LogP contribution in [0.3, 0.4) is 0 Å². The molecule has 1 aromatic rings. The summed E-state index contributed by atoms with van der Waals surface area (Å²) in [6.45, 7) is 1.38. The van der Waals surface area contributed by atoms with Gasteiger partial charge < -0.3 is 14.7 Å². The molecule has 4 heteroatoms. The maximum absolute atomic E-state index is 11.7. The Bertz CT molecular complexity index is 353. The molecule has 86 valence electrons. The third-order valence-corrected chi connectivity index (χ3v) is 2.75. The molecule has 2 rings (SSSR count). The molecular formula is C12H15NO3. The van der Waals surface area contributed by atoms with Crippen molar-refractivity contribution in [2.45, 2.75) is 6.42 Å². The highest BCUT2D eigenvalue weighted by atomic mass is 16.6. The minimum absolute atomic E-state index is 0.134. The predicted octanol–water partition coefficient (Wildman–Crippen LogP) is 1.50. The fourth-order valence-electron chi connectivity index (χ4n) is 1.80. The first kappa shape index (κ1) is 11.0. The lowest BCUT2D eigenvalue weighted by molar-refractivity contribution is 0.157. The highest BCUT2D eigenvalue weighted by molar-refractivity contribution is 5.70. The number of aliphatic hydroxyl groups excluding tert-OH is 1. The van der Waals surface area contributed by atoms with Crippen molar-refractivity contribution in [1.29, 1.82) is 0 Å². The van der Waals surface area contributed by atoms with Crippen LogP contribution < -0.4 is 4.74 Å². The van der Waals surface area contributed by atoms with Crippen LogP contribution in [0.25, 0.3) is 0 Å². The Hall–Kier alpha value is -1.55. The Morgan fingerprint density at radius 2 is 2.19 bits per heavy atom. The van der Waals surface area contributed by atoms with Gasteiger partial charge in [-0.1, -0.05) is 18.2 Å². The molecular weight excluding hydrogens is 206 g/mol. The molecule has 1 fully saturated rings. The van der Waals surface area contributed by atoms with Crippen LogP contribution in [0.1, 0.15) is 6.42 Å². The lowest BCUT2D eigenvalue weighted by Gasteiger charge is -2.15. The van der Waals surface area contributed by atoms with Crippen molar-refractivity contribution in [1.82, 2.24) is 4.90 Å². The third-order valence-electron chi connectivity index (χ3n) is 2.75. The lowest BCUT2D eigenvalue weighted by Crippen LogP contribution is -2.31. The molecule has 0 spiro atoms. The van der Waals surface area contributed by atoms with Crippen LogP contribution in [0.5, 0.6) is 5.75 Å². The number of hydrogen-bond donors (Lipinski definition) is 1. The zero-order valence-electron chi connectivity index (χ0n) is 9.00. The van der Waals surface area contributed by atoms with E-state index in [-0.39, 0.29) is 18.6 Å². The summed E-state index contributed by atoms with van der Waals surface area (Å²) in [6, 6.07) is 9.01. The van der Waals surface area contributed by atoms with Crippen molar-refractivity contribution in [3.05, 3.63) is 30.3 Å². The van der Waals surface area contributed by atoms with E-state index in [0.717, 1.165) is 6.42 Å². The molecule has 4 nitrogen and oxygen atoms in total. The molecule has 0 saturated carbocycles. The number of nitrogens with zero attached hydrogens (tertiary/aromatic N) is 1. The van der Waals surface area contributed by atoms with E-state index < -0.39 is 0 Å². The fraction of sp³-hybridized carbons (Fsp3) is 0.417. The first-order valence-corrected chi connectivity index (χ1v) is 5.42. The molecule has 0 aromatic heterocycles. The summed E-state index contributed by atoms with van der Waals surface area (Å²) in [5.41, 5.74) is 0. The monoisotopic (exact) mass is 221 g/mol. The average Bonchev–Trinajstić information content (AvgIpc) is 2.79. The Morgan fingerprint density at radius 1 is 1.44 bits per heavy atom. The van der Waals surface area contributed by atoms with Crippen molar-refractivity contribution >= 4 is 6.09 Å². The topological polar surface area (TPSA) is 49.8 Å². The first-order chi connectivity index (χ1) is 7.79. The second-order valence-electron chi connectivity index (χ2n) is 3.96. The largest absolute Gasteiger partial charge is 0.415 e. The van der Waals surface area contributed by atoms with E-state index in [1.54, 1.807) is 17.0 Å². The number of carbonyl (C=O) groups excluding carboxylic acids is 1. The summed E-state index contributed by atoms with van der Waals surface area (Å²) in [7, 11) is 0. The number of rotatable bonds is 2. The Morgan fingerprint density at radius 3 is 2.81 bits per heavy atom. The van der Waals surface area contributed by atoms with E-state index in [9.17, 15) is 4.79 Å². The van der Waals surface area contributed by atoms with Gasteiger partial charge in [0.05, 0.1) is 0 Å². The number of likely N-dealkylation sites (tertiary alicyclic amines) is 1. The summed E-state index contributed by atoms with van der Waals surface area (Å²) in [4.78, 5) is 13.3. The summed E-state index contributed by atoms with van der Waals surface area (Å²) in [5, 5.41) is 8.98. The second kappa shape index (κ2) is 4.99. The standard InChI is InChI=1S/C12H15NO3/c14-9-10-6-7-13(8-10)12(15)16-11-4-2-1-3-5-11/h1-5,10,14H,6-9H2. The zero-order chi connectivity index (χ0) is 11.4. The van der Waals surface area contributed by atoms with Gasteiger partial charge in [0.2, 0.25) is 0 Å². The van der Waals surface area contributed by atoms with Crippen LogP contribution in [0.2, 0.25) is 0 Å². The number of carbonyl (C=O) groups is 1. The van der Waals surface area contributed by atoms with Gasteiger partial charge >= 0.3 is 6.09 Å². The van der Waals surface area contributed by atoms with Gasteiger partial charge in [-0.2, -0.15) is 0 Å². The van der Waals surface area contributed by atoms with Crippen LogP contribution in [0.15, 0.2) is 30.3 Å². The van der Waals surface area contributed by atoms with Crippen LogP contribution in [0, 0.1) is 5.92 Å². The molecule has 1 amide bonds. The van der Waals surface area contributed by atoms with E-state index in [1.165, 1.54) is 0 Å². The molecule has 1 aliphatic rings. The third kappa shape index (κ3) is 2.52. The van der Waals surface area contributed by atoms with Gasteiger partial charge in [-0.25, -0.2) is 4.79 Å². The Labute approximate surface area is 94.4 Å². The van der Waals surface area contributed by atoms with E-state index in [0.29, 0.717) is 18.8 Å². The molecule has 1 saturated heterocycles. The number of para-hydroxylation sites is 1. The van der Waals surface area contributed by atoms with Gasteiger partial charge in [0, 0.05) is 25.6 Å². The number of aliphatic hydroxyl groups is 1. The summed E-state index contributed by atoms with van der Waals surface area (Å²) >= 11 is 0. The van der Waals surface area contributed by atoms with E-state index >= 15 is 0 Å². The van der Waals surface area contributed by atoms with Gasteiger partial charge in [-0.15, -0.1) is 0 Å². The summed E-state index contributed by atoms with van der Waals surface area (Å²) in [5.74, 6) is 0.753. The van der Waals surface area contributed by atoms with Gasteiger partial charge in [0.1, 0.15) is 5.75 Å². The average molecular weight is 221 g/mol. The second-order valence-corrected chi connectivity index (χ2v) is 3.96. The van der Waals surface area contributed by atoms with E-state index in [4.69, 9.17) is 9.84 Å². The van der Waals surface area contributed by atoms with Crippen molar-refractivity contribution in [3.63, 3.8) is 0 Å². The zero-order valence-corrected chi connectivity index (χ0v) is 9.00. The minimum Gasteiger partial charge on any atom is -0.410 e. The smallest absolute Gasteiger partial charge is 0.410 e. The highest BCUT2D eigenvalue weighted by Crippen LogP contribution is 2.17. The van der Waals surface area contributed by atoms with Gasteiger partial charge in [-0.3, -0.25) is 0 Å². The van der Waals surface area contributed by atoms with E-state index in [2.05, 4.69) is 0 Å². The summed E-state index contributed by atoms with van der Waals surface area (Å²) < 4.78 is 5.20. The molecule has 1 unspecified atom stereocenters. The van der Waals surface area contributed by atoms with Crippen molar-refractivity contribution in [2.24, 2.45) is 5.92 Å². The number of ether oxygens (including phenoxy) is 1. The van der Waals surface area contributed by atoms with Crippen LogP contribution >= 0.6 is 0 Å². The van der Waals surface area contributed by atoms with Crippen LogP contribution in [-0.2, 0) is 0 Å². The summed E-state index contributed by atoms with van der Waals surface area (Å²) in [6.07, 6.45) is 0.516. The number of amides is 1. The fourth-order valence-corrected chi connectivity index (χ4v) is 1.80. The SMILES string of the molecule is O=C(Oc1ccccc1)N1CCC(CO)C1. The molecule has 1 atom stereocenters. The Kier molecular flexibility index (Phi) is 3.41. The number of hydrogen-bond acceptors (Lipinski definition) is 3. The van der Waals surface area contributed by atoms with E-state index in [1.807, 2.05) is 18.2 Å². The minimum atomic E-state index is -0.331. The van der Waals surface area contributed by atoms with Crippen molar-refractivity contribution in [3.8, 4) is 5.75 Å². The van der Waals surface area contributed by atoms with Gasteiger partial charge in [-0.05, 0) is 18.6 Å². The highest BCUT2D eigenvalue weighted by Gasteiger charge is 2.26. The maximum Gasteiger partial charge on any atom is 0.415 e. The maximum atomic E-state index is 11.7. The predicted molar refractivity (Wildman–Crippen MR) is 59.2 cm³/mol. The molecule has 1 aliphatic heterocycles. The molecule has 0 bridgehead atoms. The Balaban J connectivity index is 1.90. The normalized spacial score (nSPS) is 19.8. The molecule has 1 heterocycles. The van der Waals surface area contributed by atoms with Crippen LogP contribution in [-0.4, -0.2) is 35.8 Å². The van der Waals surface area contributed by atoms with Crippen LogP contribution in [0.4, 0.5) is 4.79 Å². The lowest BCUT2D eigenvalue weighted by atomic mass is 10.1. The molecule has 16 heavy (non-hydrogen) atoms. The first-order valence-electron chi connectivity index (χ1n) is 5.42.